The van der Waals surface area contributed by atoms with Crippen molar-refractivity contribution in [1.82, 2.24) is 0 Å². The summed E-state index contributed by atoms with van der Waals surface area (Å²) in [6.07, 6.45) is 0.520. The van der Waals surface area contributed by atoms with E-state index < -0.39 is 10.0 Å². The Hall–Kier alpha value is -0.910. The lowest BCUT2D eigenvalue weighted by Gasteiger charge is -2.04. The molecule has 1 aromatic rings. The highest BCUT2D eigenvalue weighted by atomic mass is 32.2. The van der Waals surface area contributed by atoms with E-state index in [1.165, 1.54) is 6.07 Å². The zero-order valence-corrected chi connectivity index (χ0v) is 7.92. The van der Waals surface area contributed by atoms with Crippen molar-refractivity contribution < 1.29 is 8.42 Å². The Morgan fingerprint density at radius 3 is 2.38 bits per heavy atom. The van der Waals surface area contributed by atoms with Crippen LogP contribution in [0, 0.1) is 0 Å². The molecule has 0 amide bonds. The van der Waals surface area contributed by atoms with Gasteiger partial charge >= 0.3 is 0 Å². The number of sulfonamides is 1. The molecule has 72 valence electrons. The minimum absolute atomic E-state index is 0.167. The molecule has 5 heteroatoms. The number of primary sulfonamides is 1. The molecule has 0 spiro atoms. The molecule has 0 aromatic heterocycles. The largest absolute Gasteiger partial charge is 0.330 e. The summed E-state index contributed by atoms with van der Waals surface area (Å²) in [6, 6.07) is 6.60. The summed E-state index contributed by atoms with van der Waals surface area (Å²) in [4.78, 5) is 0.167. The Bertz CT molecular complexity index is 387. The monoisotopic (exact) mass is 200 g/mol. The first-order chi connectivity index (χ1) is 6.05. The van der Waals surface area contributed by atoms with Gasteiger partial charge in [-0.1, -0.05) is 18.2 Å². The van der Waals surface area contributed by atoms with Gasteiger partial charge in [0.05, 0.1) is 4.90 Å². The summed E-state index contributed by atoms with van der Waals surface area (Å²) in [7, 11) is -3.61. The number of benzene rings is 1. The molecule has 1 aromatic carbocycles. The second-order valence-electron chi connectivity index (χ2n) is 2.69. The van der Waals surface area contributed by atoms with Gasteiger partial charge in [0.1, 0.15) is 0 Å². The first kappa shape index (κ1) is 10.2. The molecule has 4 nitrogen and oxygen atoms in total. The molecule has 13 heavy (non-hydrogen) atoms. The van der Waals surface area contributed by atoms with Crippen LogP contribution in [0.3, 0.4) is 0 Å². The van der Waals surface area contributed by atoms with Crippen LogP contribution in [0.15, 0.2) is 29.2 Å². The minimum Gasteiger partial charge on any atom is -0.330 e. The van der Waals surface area contributed by atoms with Crippen molar-refractivity contribution in [1.29, 1.82) is 0 Å². The molecule has 4 N–H and O–H groups in total. The average Bonchev–Trinajstić information content (AvgIpc) is 2.04. The van der Waals surface area contributed by atoms with Gasteiger partial charge < -0.3 is 5.73 Å². The van der Waals surface area contributed by atoms with Crippen molar-refractivity contribution in [3.05, 3.63) is 29.8 Å². The van der Waals surface area contributed by atoms with Crippen molar-refractivity contribution in [2.75, 3.05) is 6.54 Å². The predicted octanol–water partition coefficient (Wildman–Crippen LogP) is -0.165. The van der Waals surface area contributed by atoms with Crippen LogP contribution in [0.2, 0.25) is 0 Å². The van der Waals surface area contributed by atoms with Gasteiger partial charge in [-0.15, -0.1) is 0 Å². The Labute approximate surface area is 77.6 Å². The lowest BCUT2D eigenvalue weighted by atomic mass is 10.1. The fourth-order valence-electron chi connectivity index (χ4n) is 1.14. The van der Waals surface area contributed by atoms with E-state index in [1.807, 2.05) is 0 Å². The first-order valence-electron chi connectivity index (χ1n) is 3.86. The van der Waals surface area contributed by atoms with Gasteiger partial charge in [-0.25, -0.2) is 13.6 Å². The fraction of sp³-hybridized carbons (Fsp3) is 0.250. The number of hydrogen-bond donors (Lipinski definition) is 2. The third-order valence-corrected chi connectivity index (χ3v) is 2.70. The van der Waals surface area contributed by atoms with E-state index in [2.05, 4.69) is 0 Å². The second kappa shape index (κ2) is 3.87. The third kappa shape index (κ3) is 2.51. The maximum Gasteiger partial charge on any atom is 0.238 e. The summed E-state index contributed by atoms with van der Waals surface area (Å²) in [6.45, 7) is 0.409. The second-order valence-corrected chi connectivity index (χ2v) is 4.22. The molecule has 1 rings (SSSR count). The van der Waals surface area contributed by atoms with Crippen molar-refractivity contribution in [3.8, 4) is 0 Å². The van der Waals surface area contributed by atoms with E-state index in [-0.39, 0.29) is 4.90 Å². The van der Waals surface area contributed by atoms with E-state index in [9.17, 15) is 8.42 Å². The average molecular weight is 200 g/mol. The minimum atomic E-state index is -3.61. The molecule has 0 heterocycles. The Kier molecular flexibility index (Phi) is 3.02. The van der Waals surface area contributed by atoms with Gasteiger partial charge in [-0.2, -0.15) is 0 Å². The summed E-state index contributed by atoms with van der Waals surface area (Å²) in [5.74, 6) is 0. The highest BCUT2D eigenvalue weighted by Crippen LogP contribution is 2.13. The van der Waals surface area contributed by atoms with Crippen LogP contribution < -0.4 is 10.9 Å². The van der Waals surface area contributed by atoms with Crippen LogP contribution in [0.25, 0.3) is 0 Å². The van der Waals surface area contributed by atoms with Gasteiger partial charge in [-0.05, 0) is 24.6 Å². The van der Waals surface area contributed by atoms with Gasteiger partial charge in [-0.3, -0.25) is 0 Å². The third-order valence-electron chi connectivity index (χ3n) is 1.69. The summed E-state index contributed by atoms with van der Waals surface area (Å²) in [5.41, 5.74) is 6.01. The lowest BCUT2D eigenvalue weighted by Crippen LogP contribution is -2.16. The highest BCUT2D eigenvalue weighted by molar-refractivity contribution is 7.89. The molecule has 0 atom stereocenters. The number of nitrogens with two attached hydrogens (primary N) is 2. The van der Waals surface area contributed by atoms with Crippen LogP contribution in [0.1, 0.15) is 5.56 Å². The topological polar surface area (TPSA) is 86.2 Å². The predicted molar refractivity (Wildman–Crippen MR) is 50.6 cm³/mol. The van der Waals surface area contributed by atoms with Crippen molar-refractivity contribution >= 4 is 10.0 Å². The number of rotatable bonds is 3. The smallest absolute Gasteiger partial charge is 0.238 e. The van der Waals surface area contributed by atoms with Crippen molar-refractivity contribution in [2.45, 2.75) is 11.3 Å². The van der Waals surface area contributed by atoms with Crippen LogP contribution in [-0.2, 0) is 16.4 Å². The van der Waals surface area contributed by atoms with Crippen LogP contribution in [0.4, 0.5) is 0 Å². The van der Waals surface area contributed by atoms with Crippen LogP contribution in [0.5, 0.6) is 0 Å². The van der Waals surface area contributed by atoms with E-state index in [0.717, 1.165) is 0 Å². The number of hydrogen-bond acceptors (Lipinski definition) is 3. The molecule has 0 radical (unpaired) electrons. The van der Waals surface area contributed by atoms with Gasteiger partial charge in [0.25, 0.3) is 0 Å². The molecule has 0 fully saturated rings. The Morgan fingerprint density at radius 1 is 1.23 bits per heavy atom. The first-order valence-corrected chi connectivity index (χ1v) is 5.41. The normalized spacial score (nSPS) is 11.5. The molecule has 0 unspecified atom stereocenters. The van der Waals surface area contributed by atoms with Crippen LogP contribution >= 0.6 is 0 Å². The molecular formula is C8H12N2O2S. The van der Waals surface area contributed by atoms with Gasteiger partial charge in [0, 0.05) is 0 Å². The molecule has 0 aliphatic rings. The van der Waals surface area contributed by atoms with Crippen molar-refractivity contribution in [3.63, 3.8) is 0 Å². The zero-order chi connectivity index (χ0) is 9.90. The van der Waals surface area contributed by atoms with Gasteiger partial charge in [0.2, 0.25) is 10.0 Å². The van der Waals surface area contributed by atoms with Crippen LogP contribution in [-0.4, -0.2) is 15.0 Å². The van der Waals surface area contributed by atoms with Crippen molar-refractivity contribution in [2.24, 2.45) is 10.9 Å². The van der Waals surface area contributed by atoms with E-state index >= 15 is 0 Å². The highest BCUT2D eigenvalue weighted by Gasteiger charge is 2.11. The summed E-state index contributed by atoms with van der Waals surface area (Å²) >= 11 is 0. The fourth-order valence-corrected chi connectivity index (χ4v) is 1.95. The lowest BCUT2D eigenvalue weighted by molar-refractivity contribution is 0.596. The van der Waals surface area contributed by atoms with E-state index in [4.69, 9.17) is 10.9 Å². The van der Waals surface area contributed by atoms with E-state index in [0.29, 0.717) is 18.5 Å². The van der Waals surface area contributed by atoms with E-state index in [1.54, 1.807) is 18.2 Å². The standard InChI is InChI=1S/C8H12N2O2S/c9-6-5-7-3-1-2-4-8(7)13(10,11)12/h1-4H,5-6,9H2,(H2,10,11,12). The Morgan fingerprint density at radius 2 is 1.85 bits per heavy atom. The summed E-state index contributed by atoms with van der Waals surface area (Å²) in [5, 5.41) is 5.02. The molecule has 0 aliphatic heterocycles. The maximum atomic E-state index is 11.1. The molecular weight excluding hydrogens is 188 g/mol. The SMILES string of the molecule is NCCc1ccccc1S(N)(=O)=O. The summed E-state index contributed by atoms with van der Waals surface area (Å²) < 4.78 is 22.1. The zero-order valence-electron chi connectivity index (χ0n) is 7.10. The Balaban J connectivity index is 3.20. The quantitative estimate of drug-likeness (QED) is 0.710. The molecule has 0 saturated heterocycles. The molecule has 0 bridgehead atoms. The molecule has 0 aliphatic carbocycles. The molecule has 0 saturated carbocycles. The van der Waals surface area contributed by atoms with Gasteiger partial charge in [0.15, 0.2) is 0 Å². The maximum absolute atomic E-state index is 11.1.